The monoisotopic (exact) mass is 256 g/mol. The lowest BCUT2D eigenvalue weighted by Crippen LogP contribution is -2.56. The highest BCUT2D eigenvalue weighted by atomic mass is 16.5. The fourth-order valence-corrected chi connectivity index (χ4v) is 2.75. The maximum atomic E-state index is 12.1. The number of carbonyl (C=O) groups excluding carboxylic acids is 1. The highest BCUT2D eigenvalue weighted by molar-refractivity contribution is 5.80. The Morgan fingerprint density at radius 2 is 2.00 bits per heavy atom. The molecule has 1 fully saturated rings. The zero-order valence-electron chi connectivity index (χ0n) is 12.3. The quantitative estimate of drug-likeness (QED) is 0.734. The van der Waals surface area contributed by atoms with Crippen molar-refractivity contribution in [3.05, 3.63) is 0 Å². The van der Waals surface area contributed by atoms with E-state index in [1.54, 1.807) is 0 Å². The smallest absolute Gasteiger partial charge is 0.326 e. The zero-order valence-corrected chi connectivity index (χ0v) is 12.3. The van der Waals surface area contributed by atoms with Gasteiger partial charge in [-0.15, -0.1) is 0 Å². The van der Waals surface area contributed by atoms with E-state index in [1.807, 2.05) is 14.1 Å². The lowest BCUT2D eigenvalue weighted by Gasteiger charge is -2.38. The molecule has 4 nitrogen and oxygen atoms in total. The predicted octanol–water partition coefficient (Wildman–Crippen LogP) is 1.65. The van der Waals surface area contributed by atoms with Gasteiger partial charge in [0.25, 0.3) is 0 Å². The molecule has 1 saturated carbocycles. The molecule has 0 aromatic rings. The van der Waals surface area contributed by atoms with E-state index in [0.717, 1.165) is 44.7 Å². The Morgan fingerprint density at radius 1 is 1.39 bits per heavy atom. The highest BCUT2D eigenvalue weighted by Gasteiger charge is 2.41. The Morgan fingerprint density at radius 3 is 2.44 bits per heavy atom. The lowest BCUT2D eigenvalue weighted by atomic mass is 9.75. The molecule has 0 radical (unpaired) electrons. The second kappa shape index (κ2) is 7.10. The van der Waals surface area contributed by atoms with Gasteiger partial charge in [0.05, 0.1) is 7.11 Å². The van der Waals surface area contributed by atoms with Crippen LogP contribution in [0, 0.1) is 5.92 Å². The van der Waals surface area contributed by atoms with Crippen LogP contribution in [-0.2, 0) is 9.53 Å². The summed E-state index contributed by atoms with van der Waals surface area (Å²) in [6, 6.07) is 0. The third-order valence-corrected chi connectivity index (χ3v) is 4.13. The molecule has 0 saturated heterocycles. The van der Waals surface area contributed by atoms with E-state index in [-0.39, 0.29) is 5.97 Å². The fraction of sp³-hybridized carbons (Fsp3) is 0.929. The molecule has 0 spiro atoms. The van der Waals surface area contributed by atoms with E-state index in [9.17, 15) is 4.79 Å². The van der Waals surface area contributed by atoms with Crippen molar-refractivity contribution in [2.75, 3.05) is 34.3 Å². The molecule has 1 rings (SSSR count). The minimum atomic E-state index is -0.434. The number of nitrogens with one attached hydrogen (secondary N) is 1. The molecule has 0 unspecified atom stereocenters. The second-order valence-corrected chi connectivity index (χ2v) is 5.66. The van der Waals surface area contributed by atoms with Crippen LogP contribution in [0.5, 0.6) is 0 Å². The van der Waals surface area contributed by atoms with E-state index in [2.05, 4.69) is 17.1 Å². The summed E-state index contributed by atoms with van der Waals surface area (Å²) in [6.45, 7) is 4.00. The van der Waals surface area contributed by atoms with Crippen LogP contribution < -0.4 is 5.32 Å². The molecule has 1 N–H and O–H groups in total. The number of methoxy groups -OCH3 is 1. The Hall–Kier alpha value is -0.610. The summed E-state index contributed by atoms with van der Waals surface area (Å²) in [7, 11) is 5.57. The first-order chi connectivity index (χ1) is 8.54. The van der Waals surface area contributed by atoms with Crippen LogP contribution in [0.1, 0.15) is 39.0 Å². The van der Waals surface area contributed by atoms with Crippen molar-refractivity contribution in [1.29, 1.82) is 0 Å². The average molecular weight is 256 g/mol. The van der Waals surface area contributed by atoms with Crippen molar-refractivity contribution in [3.63, 3.8) is 0 Å². The van der Waals surface area contributed by atoms with Gasteiger partial charge in [-0.25, -0.2) is 0 Å². The second-order valence-electron chi connectivity index (χ2n) is 5.66. The largest absolute Gasteiger partial charge is 0.468 e. The maximum absolute atomic E-state index is 12.1. The summed E-state index contributed by atoms with van der Waals surface area (Å²) in [5.74, 6) is 0.689. The van der Waals surface area contributed by atoms with Gasteiger partial charge in [-0.3, -0.25) is 4.79 Å². The normalized spacial score (nSPS) is 28.4. The Kier molecular flexibility index (Phi) is 6.09. The van der Waals surface area contributed by atoms with E-state index >= 15 is 0 Å². The van der Waals surface area contributed by atoms with E-state index in [0.29, 0.717) is 0 Å². The van der Waals surface area contributed by atoms with Crippen LogP contribution >= 0.6 is 0 Å². The van der Waals surface area contributed by atoms with Gasteiger partial charge in [-0.2, -0.15) is 0 Å². The van der Waals surface area contributed by atoms with Crippen molar-refractivity contribution >= 4 is 5.97 Å². The molecule has 1 aliphatic rings. The minimum absolute atomic E-state index is 0.0872. The Balaban J connectivity index is 2.57. The van der Waals surface area contributed by atoms with Crippen molar-refractivity contribution < 1.29 is 9.53 Å². The fourth-order valence-electron chi connectivity index (χ4n) is 2.75. The van der Waals surface area contributed by atoms with Gasteiger partial charge in [0.2, 0.25) is 0 Å². The van der Waals surface area contributed by atoms with Crippen LogP contribution in [-0.4, -0.2) is 50.7 Å². The van der Waals surface area contributed by atoms with Crippen molar-refractivity contribution in [2.45, 2.75) is 44.6 Å². The van der Waals surface area contributed by atoms with Crippen LogP contribution in [0.2, 0.25) is 0 Å². The minimum Gasteiger partial charge on any atom is -0.468 e. The van der Waals surface area contributed by atoms with Gasteiger partial charge in [-0.05, 0) is 45.7 Å². The molecule has 0 aromatic carbocycles. The van der Waals surface area contributed by atoms with E-state index in [1.165, 1.54) is 13.5 Å². The number of ether oxygens (including phenoxy) is 1. The van der Waals surface area contributed by atoms with E-state index < -0.39 is 5.54 Å². The Bertz CT molecular complexity index is 259. The summed E-state index contributed by atoms with van der Waals surface area (Å²) in [4.78, 5) is 14.2. The number of rotatable bonds is 6. The molecule has 0 bridgehead atoms. The van der Waals surface area contributed by atoms with Gasteiger partial charge in [-0.1, -0.05) is 13.3 Å². The molecule has 1 aliphatic carbocycles. The lowest BCUT2D eigenvalue weighted by molar-refractivity contribution is -0.150. The number of nitrogens with zero attached hydrogens (tertiary/aromatic N) is 1. The van der Waals surface area contributed by atoms with Gasteiger partial charge in [0.1, 0.15) is 5.54 Å². The molecule has 106 valence electrons. The standard InChI is InChI=1S/C14H28N2O2/c1-5-12-6-8-14(9-7-12,13(17)18-4)15-10-11-16(2)3/h12,15H,5-11H2,1-4H3. The van der Waals surface area contributed by atoms with Crippen LogP contribution in [0.15, 0.2) is 0 Å². The third-order valence-electron chi connectivity index (χ3n) is 4.13. The number of likely N-dealkylation sites (N-methyl/N-ethyl adjacent to an activating group) is 1. The summed E-state index contributed by atoms with van der Waals surface area (Å²) in [5, 5.41) is 3.45. The van der Waals surface area contributed by atoms with Crippen LogP contribution in [0.3, 0.4) is 0 Å². The summed E-state index contributed by atoms with van der Waals surface area (Å²) in [6.07, 6.45) is 5.29. The first kappa shape index (κ1) is 15.4. The van der Waals surface area contributed by atoms with Crippen LogP contribution in [0.4, 0.5) is 0 Å². The Labute approximate surface area is 111 Å². The molecule has 4 heteroatoms. The van der Waals surface area contributed by atoms with E-state index in [4.69, 9.17) is 4.74 Å². The molecule has 0 amide bonds. The van der Waals surface area contributed by atoms with Crippen molar-refractivity contribution in [3.8, 4) is 0 Å². The maximum Gasteiger partial charge on any atom is 0.326 e. The first-order valence-corrected chi connectivity index (χ1v) is 7.02. The molecular formula is C14H28N2O2. The van der Waals surface area contributed by atoms with Gasteiger partial charge >= 0.3 is 5.97 Å². The van der Waals surface area contributed by atoms with Crippen LogP contribution in [0.25, 0.3) is 0 Å². The highest BCUT2D eigenvalue weighted by Crippen LogP contribution is 2.34. The predicted molar refractivity (Wildman–Crippen MR) is 73.6 cm³/mol. The summed E-state index contributed by atoms with van der Waals surface area (Å²) >= 11 is 0. The third kappa shape index (κ3) is 3.95. The number of esters is 1. The van der Waals surface area contributed by atoms with Gasteiger partial charge in [0, 0.05) is 13.1 Å². The molecule has 0 aromatic heterocycles. The molecule has 0 heterocycles. The number of carbonyl (C=O) groups is 1. The van der Waals surface area contributed by atoms with Crippen molar-refractivity contribution in [1.82, 2.24) is 10.2 Å². The molecule has 0 atom stereocenters. The first-order valence-electron chi connectivity index (χ1n) is 7.02. The van der Waals surface area contributed by atoms with Crippen molar-refractivity contribution in [2.24, 2.45) is 5.92 Å². The summed E-state index contributed by atoms with van der Waals surface area (Å²) < 4.78 is 5.00. The van der Waals surface area contributed by atoms with Gasteiger partial charge < -0.3 is 15.0 Å². The molecule has 0 aliphatic heterocycles. The number of hydrogen-bond acceptors (Lipinski definition) is 4. The SMILES string of the molecule is CCC1CCC(NCCN(C)C)(C(=O)OC)CC1. The topological polar surface area (TPSA) is 41.6 Å². The molecular weight excluding hydrogens is 228 g/mol. The number of hydrogen-bond donors (Lipinski definition) is 1. The zero-order chi connectivity index (χ0) is 13.6. The van der Waals surface area contributed by atoms with Gasteiger partial charge in [0.15, 0.2) is 0 Å². The average Bonchev–Trinajstić information content (AvgIpc) is 2.38. The summed E-state index contributed by atoms with van der Waals surface area (Å²) in [5.41, 5.74) is -0.434. The molecule has 18 heavy (non-hydrogen) atoms.